The van der Waals surface area contributed by atoms with Gasteiger partial charge in [-0.3, -0.25) is 0 Å². The highest BCUT2D eigenvalue weighted by molar-refractivity contribution is 5.82. The van der Waals surface area contributed by atoms with Crippen LogP contribution in [0, 0.1) is 0 Å². The zero-order valence-corrected chi connectivity index (χ0v) is 13.5. The molecule has 0 amide bonds. The normalized spacial score (nSPS) is 14.2. The summed E-state index contributed by atoms with van der Waals surface area (Å²) in [6, 6.07) is 9.40. The molecule has 0 aliphatic rings. The molecule has 0 aliphatic heterocycles. The molecule has 0 fully saturated rings. The van der Waals surface area contributed by atoms with Crippen LogP contribution in [0.25, 0.3) is 0 Å². The zero-order valence-electron chi connectivity index (χ0n) is 13.5. The highest BCUT2D eigenvalue weighted by Crippen LogP contribution is 2.21. The maximum absolute atomic E-state index is 12.2. The van der Waals surface area contributed by atoms with Crippen molar-refractivity contribution in [2.45, 2.75) is 12.0 Å². The zero-order chi connectivity index (χ0) is 15.9. The fourth-order valence-electron chi connectivity index (χ4n) is 2.35. The number of nitrogens with zero attached hydrogens (tertiary/aromatic N) is 2. The van der Waals surface area contributed by atoms with Crippen LogP contribution in [-0.4, -0.2) is 63.7 Å². The Labute approximate surface area is 127 Å². The summed E-state index contributed by atoms with van der Waals surface area (Å²) in [4.78, 5) is 16.4. The molecular formula is C16H27N3O2. The maximum atomic E-state index is 12.2. The molecule has 0 saturated carbocycles. The van der Waals surface area contributed by atoms with E-state index < -0.39 is 11.5 Å². The van der Waals surface area contributed by atoms with Crippen LogP contribution in [-0.2, 0) is 15.1 Å². The third-order valence-corrected chi connectivity index (χ3v) is 3.50. The lowest BCUT2D eigenvalue weighted by Crippen LogP contribution is -2.53. The van der Waals surface area contributed by atoms with Crippen molar-refractivity contribution in [1.29, 1.82) is 0 Å². The molecule has 1 aromatic carbocycles. The molecule has 0 heterocycles. The van der Waals surface area contributed by atoms with Gasteiger partial charge < -0.3 is 20.3 Å². The Morgan fingerprint density at radius 2 is 1.81 bits per heavy atom. The second kappa shape index (κ2) is 8.12. The number of nitrogens with two attached hydrogens (primary N) is 1. The first kappa shape index (κ1) is 17.6. The van der Waals surface area contributed by atoms with Gasteiger partial charge in [0, 0.05) is 6.54 Å². The van der Waals surface area contributed by atoms with Gasteiger partial charge in [-0.2, -0.15) is 0 Å². The minimum absolute atomic E-state index is 0.409. The van der Waals surface area contributed by atoms with Crippen molar-refractivity contribution in [2.24, 2.45) is 5.73 Å². The molecule has 0 aliphatic carbocycles. The van der Waals surface area contributed by atoms with E-state index in [2.05, 4.69) is 9.80 Å². The van der Waals surface area contributed by atoms with E-state index in [1.165, 1.54) is 7.11 Å². The molecule has 2 N–H and O–H groups in total. The van der Waals surface area contributed by atoms with Crippen molar-refractivity contribution in [3.05, 3.63) is 35.9 Å². The molecule has 0 spiro atoms. The number of ether oxygens (including phenoxy) is 1. The molecule has 0 bridgehead atoms. The summed E-state index contributed by atoms with van der Waals surface area (Å²) in [5, 5.41) is 0. The van der Waals surface area contributed by atoms with Gasteiger partial charge in [0.15, 0.2) is 5.54 Å². The lowest BCUT2D eigenvalue weighted by molar-refractivity contribution is -0.148. The Hall–Kier alpha value is -1.43. The Morgan fingerprint density at radius 1 is 1.19 bits per heavy atom. The number of likely N-dealkylation sites (N-methyl/N-ethyl adjacent to an activating group) is 1. The number of benzene rings is 1. The summed E-state index contributed by atoms with van der Waals surface area (Å²) in [7, 11) is 7.44. The third-order valence-electron chi connectivity index (χ3n) is 3.50. The highest BCUT2D eigenvalue weighted by atomic mass is 16.5. The topological polar surface area (TPSA) is 58.8 Å². The molecule has 0 saturated heterocycles. The van der Waals surface area contributed by atoms with Gasteiger partial charge in [0.05, 0.1) is 7.11 Å². The average Bonchev–Trinajstić information content (AvgIpc) is 2.46. The van der Waals surface area contributed by atoms with Crippen LogP contribution in [0.1, 0.15) is 12.0 Å². The Morgan fingerprint density at radius 3 is 2.33 bits per heavy atom. The van der Waals surface area contributed by atoms with E-state index >= 15 is 0 Å². The predicted octanol–water partition coefficient (Wildman–Crippen LogP) is 0.897. The monoisotopic (exact) mass is 293 g/mol. The molecule has 1 atom stereocenters. The minimum atomic E-state index is -1.14. The Kier molecular flexibility index (Phi) is 6.81. The van der Waals surface area contributed by atoms with Crippen LogP contribution >= 0.6 is 0 Å². The Bertz CT molecular complexity index is 436. The fraction of sp³-hybridized carbons (Fsp3) is 0.562. The summed E-state index contributed by atoms with van der Waals surface area (Å²) in [5.41, 5.74) is 6.02. The van der Waals surface area contributed by atoms with Gasteiger partial charge in [-0.05, 0) is 46.2 Å². The average molecular weight is 293 g/mol. The van der Waals surface area contributed by atoms with Gasteiger partial charge in [-0.15, -0.1) is 0 Å². The van der Waals surface area contributed by atoms with Crippen molar-refractivity contribution >= 4 is 5.97 Å². The molecule has 21 heavy (non-hydrogen) atoms. The van der Waals surface area contributed by atoms with Gasteiger partial charge in [-0.25, -0.2) is 4.79 Å². The van der Waals surface area contributed by atoms with Crippen LogP contribution in [0.4, 0.5) is 0 Å². The van der Waals surface area contributed by atoms with Gasteiger partial charge in [0.2, 0.25) is 0 Å². The maximum Gasteiger partial charge on any atom is 0.331 e. The Balaban J connectivity index is 2.77. The molecule has 118 valence electrons. The molecule has 1 rings (SSSR count). The van der Waals surface area contributed by atoms with E-state index in [1.54, 1.807) is 0 Å². The van der Waals surface area contributed by atoms with Crippen LogP contribution < -0.4 is 5.73 Å². The predicted molar refractivity (Wildman–Crippen MR) is 85.0 cm³/mol. The molecular weight excluding hydrogens is 266 g/mol. The number of methoxy groups -OCH3 is 1. The SMILES string of the molecule is COC(=O)C(N)(CN(C)CCCN(C)C)c1ccccc1. The number of hydrogen-bond donors (Lipinski definition) is 1. The first-order valence-corrected chi connectivity index (χ1v) is 7.16. The van der Waals surface area contributed by atoms with E-state index in [9.17, 15) is 4.79 Å². The summed E-state index contributed by atoms with van der Waals surface area (Å²) in [5.74, 6) is -0.409. The van der Waals surface area contributed by atoms with E-state index in [4.69, 9.17) is 10.5 Å². The quantitative estimate of drug-likeness (QED) is 0.722. The smallest absolute Gasteiger partial charge is 0.331 e. The van der Waals surface area contributed by atoms with Gasteiger partial charge in [-0.1, -0.05) is 30.3 Å². The number of carbonyl (C=O) groups excluding carboxylic acids is 1. The first-order valence-electron chi connectivity index (χ1n) is 7.16. The van der Waals surface area contributed by atoms with Crippen LogP contribution in [0.2, 0.25) is 0 Å². The molecule has 1 aromatic rings. The largest absolute Gasteiger partial charge is 0.467 e. The number of carbonyl (C=O) groups is 1. The molecule has 5 heteroatoms. The lowest BCUT2D eigenvalue weighted by atomic mass is 9.90. The van der Waals surface area contributed by atoms with Crippen molar-refractivity contribution in [3.8, 4) is 0 Å². The van der Waals surface area contributed by atoms with Crippen LogP contribution in [0.3, 0.4) is 0 Å². The van der Waals surface area contributed by atoms with Crippen molar-refractivity contribution in [2.75, 3.05) is 47.9 Å². The molecule has 0 aromatic heterocycles. The third kappa shape index (κ3) is 5.12. The van der Waals surface area contributed by atoms with Crippen molar-refractivity contribution in [3.63, 3.8) is 0 Å². The van der Waals surface area contributed by atoms with Gasteiger partial charge in [0.1, 0.15) is 0 Å². The van der Waals surface area contributed by atoms with E-state index in [-0.39, 0.29) is 0 Å². The van der Waals surface area contributed by atoms with E-state index in [1.807, 2.05) is 51.5 Å². The fourth-order valence-corrected chi connectivity index (χ4v) is 2.35. The lowest BCUT2D eigenvalue weighted by Gasteiger charge is -2.31. The summed E-state index contributed by atoms with van der Waals surface area (Å²) in [6.07, 6.45) is 1.02. The minimum Gasteiger partial charge on any atom is -0.467 e. The van der Waals surface area contributed by atoms with E-state index in [0.29, 0.717) is 6.54 Å². The molecule has 5 nitrogen and oxygen atoms in total. The van der Waals surface area contributed by atoms with Crippen LogP contribution in [0.15, 0.2) is 30.3 Å². The number of hydrogen-bond acceptors (Lipinski definition) is 5. The summed E-state index contributed by atoms with van der Waals surface area (Å²) < 4.78 is 4.91. The van der Waals surface area contributed by atoms with Crippen LogP contribution in [0.5, 0.6) is 0 Å². The summed E-state index contributed by atoms with van der Waals surface area (Å²) >= 11 is 0. The first-order chi connectivity index (χ1) is 9.90. The second-order valence-corrected chi connectivity index (χ2v) is 5.72. The van der Waals surface area contributed by atoms with E-state index in [0.717, 1.165) is 25.1 Å². The summed E-state index contributed by atoms with van der Waals surface area (Å²) in [6.45, 7) is 2.31. The second-order valence-electron chi connectivity index (χ2n) is 5.72. The van der Waals surface area contributed by atoms with Gasteiger partial charge in [0.25, 0.3) is 0 Å². The van der Waals surface area contributed by atoms with Crippen molar-refractivity contribution in [1.82, 2.24) is 9.80 Å². The number of rotatable bonds is 8. The van der Waals surface area contributed by atoms with Crippen molar-refractivity contribution < 1.29 is 9.53 Å². The number of esters is 1. The highest BCUT2D eigenvalue weighted by Gasteiger charge is 2.38. The van der Waals surface area contributed by atoms with Gasteiger partial charge >= 0.3 is 5.97 Å². The standard InChI is InChI=1S/C16H27N3O2/c1-18(2)11-8-12-19(3)13-16(17,15(20)21-4)14-9-6-5-7-10-14/h5-7,9-10H,8,11-13,17H2,1-4H3. The molecule has 0 radical (unpaired) electrons. The molecule has 1 unspecified atom stereocenters.